The first-order valence-electron chi connectivity index (χ1n) is 6.80. The van der Waals surface area contributed by atoms with Crippen molar-refractivity contribution in [3.05, 3.63) is 23.8 Å². The average Bonchev–Trinajstić information content (AvgIpc) is 2.42. The molecule has 1 aromatic rings. The molecule has 1 fully saturated rings. The monoisotopic (exact) mass is 277 g/mol. The molecule has 0 aromatic carbocycles. The number of aryl methyl sites for hydroxylation is 1. The minimum atomic E-state index is -1.19. The molecule has 20 heavy (non-hydrogen) atoms. The highest BCUT2D eigenvalue weighted by Crippen LogP contribution is 2.34. The van der Waals surface area contributed by atoms with Crippen molar-refractivity contribution in [1.82, 2.24) is 15.3 Å². The van der Waals surface area contributed by atoms with Crippen LogP contribution in [0.25, 0.3) is 0 Å². The molecular formula is C14H19N3O3. The highest BCUT2D eigenvalue weighted by Gasteiger charge is 2.46. The van der Waals surface area contributed by atoms with Gasteiger partial charge < -0.3 is 10.4 Å². The van der Waals surface area contributed by atoms with Gasteiger partial charge in [0.15, 0.2) is 0 Å². The molecule has 2 atom stereocenters. The summed E-state index contributed by atoms with van der Waals surface area (Å²) in [5.41, 5.74) is -0.337. The fourth-order valence-electron chi connectivity index (χ4n) is 2.68. The van der Waals surface area contributed by atoms with Crippen LogP contribution in [0.3, 0.4) is 0 Å². The molecule has 6 heteroatoms. The van der Waals surface area contributed by atoms with Crippen LogP contribution in [0.4, 0.5) is 0 Å². The molecule has 0 spiro atoms. The Bertz CT molecular complexity index is 515. The van der Waals surface area contributed by atoms with Crippen molar-refractivity contribution in [3.63, 3.8) is 0 Å². The third-order valence-corrected chi connectivity index (χ3v) is 4.03. The standard InChI is InChI=1S/C14H19N3O3/c1-9-5-3-4-6-14(9,13(19)20)17-12(18)11-8-15-10(2)7-16-11/h7-9H,3-6H2,1-2H3,(H,17,18)(H,19,20). The van der Waals surface area contributed by atoms with Crippen molar-refractivity contribution in [2.24, 2.45) is 5.92 Å². The van der Waals surface area contributed by atoms with Crippen molar-refractivity contribution in [1.29, 1.82) is 0 Å². The lowest BCUT2D eigenvalue weighted by molar-refractivity contribution is -0.148. The van der Waals surface area contributed by atoms with E-state index in [1.165, 1.54) is 12.4 Å². The second-order valence-corrected chi connectivity index (χ2v) is 5.42. The van der Waals surface area contributed by atoms with Gasteiger partial charge in [0.25, 0.3) is 5.91 Å². The predicted octanol–water partition coefficient (Wildman–Crippen LogP) is 1.55. The van der Waals surface area contributed by atoms with Gasteiger partial charge in [-0.1, -0.05) is 19.8 Å². The Labute approximate surface area is 117 Å². The van der Waals surface area contributed by atoms with E-state index in [4.69, 9.17) is 0 Å². The van der Waals surface area contributed by atoms with Crippen LogP contribution in [0.5, 0.6) is 0 Å². The fraction of sp³-hybridized carbons (Fsp3) is 0.571. The van der Waals surface area contributed by atoms with Crippen molar-refractivity contribution in [2.45, 2.75) is 45.1 Å². The van der Waals surface area contributed by atoms with E-state index in [1.54, 1.807) is 6.92 Å². The number of aromatic nitrogens is 2. The third-order valence-electron chi connectivity index (χ3n) is 4.03. The summed E-state index contributed by atoms with van der Waals surface area (Å²) in [4.78, 5) is 31.9. The van der Waals surface area contributed by atoms with Crippen LogP contribution >= 0.6 is 0 Å². The highest BCUT2D eigenvalue weighted by atomic mass is 16.4. The van der Waals surface area contributed by atoms with Gasteiger partial charge in [-0.25, -0.2) is 9.78 Å². The Morgan fingerprint density at radius 1 is 1.35 bits per heavy atom. The zero-order chi connectivity index (χ0) is 14.8. The predicted molar refractivity (Wildman–Crippen MR) is 72.2 cm³/mol. The molecule has 2 N–H and O–H groups in total. The van der Waals surface area contributed by atoms with E-state index in [2.05, 4.69) is 15.3 Å². The Kier molecular flexibility index (Phi) is 4.01. The Hall–Kier alpha value is -1.98. The number of carbonyl (C=O) groups excluding carboxylic acids is 1. The molecular weight excluding hydrogens is 258 g/mol. The summed E-state index contributed by atoms with van der Waals surface area (Å²) in [6, 6.07) is 0. The van der Waals surface area contributed by atoms with E-state index in [0.717, 1.165) is 19.3 Å². The molecule has 6 nitrogen and oxygen atoms in total. The number of carboxylic acid groups (broad SMARTS) is 1. The van der Waals surface area contributed by atoms with E-state index in [9.17, 15) is 14.7 Å². The maximum Gasteiger partial charge on any atom is 0.329 e. The van der Waals surface area contributed by atoms with E-state index >= 15 is 0 Å². The number of hydrogen-bond acceptors (Lipinski definition) is 4. The fourth-order valence-corrected chi connectivity index (χ4v) is 2.68. The molecule has 0 aliphatic heterocycles. The summed E-state index contributed by atoms with van der Waals surface area (Å²) in [5, 5.41) is 12.2. The molecule has 0 saturated heterocycles. The van der Waals surface area contributed by atoms with Crippen LogP contribution in [0.15, 0.2) is 12.4 Å². The van der Waals surface area contributed by atoms with Gasteiger partial charge in [-0.3, -0.25) is 9.78 Å². The topological polar surface area (TPSA) is 92.2 Å². The molecule has 1 aromatic heterocycles. The average molecular weight is 277 g/mol. The van der Waals surface area contributed by atoms with Gasteiger partial charge in [-0.2, -0.15) is 0 Å². The van der Waals surface area contributed by atoms with Gasteiger partial charge in [-0.15, -0.1) is 0 Å². The molecule has 108 valence electrons. The summed E-state index contributed by atoms with van der Waals surface area (Å²) in [6.45, 7) is 3.64. The molecule has 1 heterocycles. The number of nitrogens with zero attached hydrogens (tertiary/aromatic N) is 2. The molecule has 1 amide bonds. The summed E-state index contributed by atoms with van der Waals surface area (Å²) < 4.78 is 0. The van der Waals surface area contributed by atoms with E-state index in [0.29, 0.717) is 12.1 Å². The van der Waals surface area contributed by atoms with E-state index in [1.807, 2.05) is 6.92 Å². The van der Waals surface area contributed by atoms with Crippen molar-refractivity contribution >= 4 is 11.9 Å². The van der Waals surface area contributed by atoms with Crippen molar-refractivity contribution in [3.8, 4) is 0 Å². The first-order chi connectivity index (χ1) is 9.45. The first kappa shape index (κ1) is 14.4. The smallest absolute Gasteiger partial charge is 0.329 e. The Balaban J connectivity index is 2.22. The van der Waals surface area contributed by atoms with Gasteiger partial charge >= 0.3 is 5.97 Å². The maximum atomic E-state index is 12.2. The second kappa shape index (κ2) is 5.56. The number of nitrogens with one attached hydrogen (secondary N) is 1. The van der Waals surface area contributed by atoms with Crippen molar-refractivity contribution in [2.75, 3.05) is 0 Å². The van der Waals surface area contributed by atoms with E-state index in [-0.39, 0.29) is 11.6 Å². The van der Waals surface area contributed by atoms with Crippen LogP contribution in [0.1, 0.15) is 48.8 Å². The molecule has 2 rings (SSSR count). The molecule has 1 aliphatic rings. The zero-order valence-electron chi connectivity index (χ0n) is 11.7. The first-order valence-corrected chi connectivity index (χ1v) is 6.80. The van der Waals surface area contributed by atoms with Crippen LogP contribution < -0.4 is 5.32 Å². The van der Waals surface area contributed by atoms with Crippen molar-refractivity contribution < 1.29 is 14.7 Å². The minimum Gasteiger partial charge on any atom is -0.479 e. The third kappa shape index (κ3) is 2.64. The summed E-state index contributed by atoms with van der Waals surface area (Å²) >= 11 is 0. The SMILES string of the molecule is Cc1cnc(C(=O)NC2(C(=O)O)CCCCC2C)cn1. The number of rotatable bonds is 3. The lowest BCUT2D eigenvalue weighted by Crippen LogP contribution is -2.60. The number of aliphatic carboxylic acids is 1. The molecule has 0 radical (unpaired) electrons. The lowest BCUT2D eigenvalue weighted by atomic mass is 9.73. The van der Waals surface area contributed by atoms with Crippen LogP contribution in [-0.4, -0.2) is 32.5 Å². The molecule has 1 saturated carbocycles. The number of hydrogen-bond donors (Lipinski definition) is 2. The second-order valence-electron chi connectivity index (χ2n) is 5.42. The Morgan fingerprint density at radius 2 is 2.10 bits per heavy atom. The van der Waals surface area contributed by atoms with Gasteiger partial charge in [0.2, 0.25) is 0 Å². The van der Waals surface area contributed by atoms with Gasteiger partial charge in [-0.05, 0) is 25.7 Å². The summed E-state index contributed by atoms with van der Waals surface area (Å²) in [6.07, 6.45) is 5.91. The quantitative estimate of drug-likeness (QED) is 0.874. The minimum absolute atomic E-state index is 0.101. The van der Waals surface area contributed by atoms with Crippen LogP contribution in [0, 0.1) is 12.8 Å². The largest absolute Gasteiger partial charge is 0.479 e. The number of carbonyl (C=O) groups is 2. The van der Waals surface area contributed by atoms with Gasteiger partial charge in [0, 0.05) is 6.20 Å². The van der Waals surface area contributed by atoms with Gasteiger partial charge in [0.05, 0.1) is 11.9 Å². The molecule has 0 bridgehead atoms. The van der Waals surface area contributed by atoms with E-state index < -0.39 is 17.4 Å². The summed E-state index contributed by atoms with van der Waals surface area (Å²) in [5.74, 6) is -1.55. The Morgan fingerprint density at radius 3 is 2.65 bits per heavy atom. The normalized spacial score (nSPS) is 26.0. The molecule has 2 unspecified atom stereocenters. The maximum absolute atomic E-state index is 12.2. The lowest BCUT2D eigenvalue weighted by Gasteiger charge is -2.39. The zero-order valence-corrected chi connectivity index (χ0v) is 11.7. The number of carboxylic acids is 1. The highest BCUT2D eigenvalue weighted by molar-refractivity contribution is 5.96. The van der Waals surface area contributed by atoms with Crippen LogP contribution in [0.2, 0.25) is 0 Å². The van der Waals surface area contributed by atoms with Crippen LogP contribution in [-0.2, 0) is 4.79 Å². The molecule has 1 aliphatic carbocycles. The van der Waals surface area contributed by atoms with Gasteiger partial charge in [0.1, 0.15) is 11.2 Å². The number of amides is 1. The summed E-state index contributed by atoms with van der Waals surface area (Å²) in [7, 11) is 0.